The molecule has 0 bridgehead atoms. The van der Waals surface area contributed by atoms with Crippen LogP contribution in [-0.2, 0) is 4.74 Å². The van der Waals surface area contributed by atoms with Gasteiger partial charge in [0.15, 0.2) is 0 Å². The Bertz CT molecular complexity index is 44.1. The standard InChI is InChI=1S/C2H4O3.Pb.2H/c1-5-2(3)4;;;/h1H3,(H,3,4);;;. The van der Waals surface area contributed by atoms with Crippen LogP contribution in [0.25, 0.3) is 0 Å². The minimum absolute atomic E-state index is 0. The second kappa shape index (κ2) is 5.19. The van der Waals surface area contributed by atoms with Crippen LogP contribution >= 0.6 is 0 Å². The molecule has 0 aliphatic rings. The molecule has 0 heterocycles. The summed E-state index contributed by atoms with van der Waals surface area (Å²) in [6.45, 7) is 0. The summed E-state index contributed by atoms with van der Waals surface area (Å²) in [5.41, 5.74) is 0. The number of hydrogen-bond donors (Lipinski definition) is 1. The van der Waals surface area contributed by atoms with Crippen molar-refractivity contribution in [3.05, 3.63) is 0 Å². The van der Waals surface area contributed by atoms with E-state index >= 15 is 0 Å². The molecule has 0 aliphatic heterocycles. The zero-order chi connectivity index (χ0) is 4.28. The Kier molecular flexibility index (Phi) is 8.22. The van der Waals surface area contributed by atoms with Crippen molar-refractivity contribution in [2.45, 2.75) is 0 Å². The number of carboxylic acid groups (broad SMARTS) is 1. The van der Waals surface area contributed by atoms with E-state index in [1.54, 1.807) is 0 Å². The van der Waals surface area contributed by atoms with Crippen LogP contribution in [0.1, 0.15) is 0 Å². The summed E-state index contributed by atoms with van der Waals surface area (Å²) in [7, 11) is 1.10. The predicted octanol–water partition coefficient (Wildman–Crippen LogP) is -0.605. The summed E-state index contributed by atoms with van der Waals surface area (Å²) < 4.78 is 3.67. The molecule has 0 rings (SSSR count). The molecule has 0 spiro atoms. The fraction of sp³-hybridized carbons (Fsp3) is 0.500. The molecule has 0 fully saturated rings. The number of ether oxygens (including phenoxy) is 1. The van der Waals surface area contributed by atoms with Gasteiger partial charge < -0.3 is 9.84 Å². The number of methoxy groups -OCH3 is 1. The zero-order valence-corrected chi connectivity index (χ0v) is 8.97. The van der Waals surface area contributed by atoms with Gasteiger partial charge in [-0.25, -0.2) is 4.79 Å². The Morgan fingerprint density at radius 2 is 2.00 bits per heavy atom. The molecule has 0 saturated heterocycles. The van der Waals surface area contributed by atoms with E-state index in [1.807, 2.05) is 0 Å². The fourth-order valence-electron chi connectivity index (χ4n) is 0. The van der Waals surface area contributed by atoms with Crippen LogP contribution < -0.4 is 0 Å². The molecular weight excluding hydrogens is 279 g/mol. The van der Waals surface area contributed by atoms with Crippen LogP contribution in [0.4, 0.5) is 4.79 Å². The second-order valence-electron chi connectivity index (χ2n) is 0.470. The van der Waals surface area contributed by atoms with Crippen molar-refractivity contribution in [1.29, 1.82) is 0 Å². The van der Waals surface area contributed by atoms with Gasteiger partial charge in [0.05, 0.1) is 7.11 Å². The normalized spacial score (nSPS) is 5.50. The van der Waals surface area contributed by atoms with Crippen LogP contribution in [0.15, 0.2) is 0 Å². The van der Waals surface area contributed by atoms with Gasteiger partial charge in [-0.15, -0.1) is 0 Å². The van der Waals surface area contributed by atoms with Crippen LogP contribution in [0, 0.1) is 0 Å². The molecule has 0 aromatic heterocycles. The molecule has 0 unspecified atom stereocenters. The van der Waals surface area contributed by atoms with Crippen molar-refractivity contribution < 1.29 is 14.6 Å². The predicted molar refractivity (Wildman–Crippen MR) is 23.6 cm³/mol. The summed E-state index contributed by atoms with van der Waals surface area (Å²) >= 11 is 0. The van der Waals surface area contributed by atoms with Gasteiger partial charge in [0, 0.05) is 0 Å². The van der Waals surface area contributed by atoms with Crippen molar-refractivity contribution in [1.82, 2.24) is 0 Å². The van der Waals surface area contributed by atoms with Crippen molar-refractivity contribution in [3.63, 3.8) is 0 Å². The molecular formula is C2H6O3Pb. The SMILES string of the molecule is COC(=O)O.[PbH2]. The van der Waals surface area contributed by atoms with E-state index in [2.05, 4.69) is 4.74 Å². The quantitative estimate of drug-likeness (QED) is 0.477. The number of rotatable bonds is 0. The van der Waals surface area contributed by atoms with E-state index in [9.17, 15) is 0 Å². The molecule has 0 aromatic carbocycles. The maximum atomic E-state index is 9.15. The van der Waals surface area contributed by atoms with Gasteiger partial charge in [0.1, 0.15) is 0 Å². The Labute approximate surface area is 55.5 Å². The molecule has 3 nitrogen and oxygen atoms in total. The molecule has 4 heteroatoms. The third kappa shape index (κ3) is 8.89. The van der Waals surface area contributed by atoms with E-state index in [0.717, 1.165) is 7.11 Å². The van der Waals surface area contributed by atoms with Crippen LogP contribution in [-0.4, -0.2) is 45.7 Å². The average molecular weight is 285 g/mol. The Morgan fingerprint density at radius 3 is 2.00 bits per heavy atom. The molecule has 0 amide bonds. The first-order valence-electron chi connectivity index (χ1n) is 1.04. The molecule has 0 aromatic rings. The minimum atomic E-state index is -1.25. The molecule has 0 atom stereocenters. The summed E-state index contributed by atoms with van der Waals surface area (Å²) in [5, 5.41) is 7.50. The van der Waals surface area contributed by atoms with Gasteiger partial charge in [0.2, 0.25) is 0 Å². The summed E-state index contributed by atoms with van der Waals surface area (Å²) in [5.74, 6) is 0. The molecule has 0 aliphatic carbocycles. The van der Waals surface area contributed by atoms with Gasteiger partial charge in [0.25, 0.3) is 0 Å². The topological polar surface area (TPSA) is 46.5 Å². The average Bonchev–Trinajstić information content (AvgIpc) is 1.38. The fourth-order valence-corrected chi connectivity index (χ4v) is 0. The Balaban J connectivity index is 0. The van der Waals surface area contributed by atoms with Gasteiger partial charge in [-0.1, -0.05) is 0 Å². The molecule has 1 N–H and O–H groups in total. The number of carbonyl (C=O) groups is 1. The van der Waals surface area contributed by atoms with E-state index < -0.39 is 6.16 Å². The molecule has 2 radical (unpaired) electrons. The van der Waals surface area contributed by atoms with Gasteiger partial charge in [-0.05, 0) is 0 Å². The van der Waals surface area contributed by atoms with E-state index in [1.165, 1.54) is 0 Å². The van der Waals surface area contributed by atoms with Crippen molar-refractivity contribution in [3.8, 4) is 0 Å². The van der Waals surface area contributed by atoms with Gasteiger partial charge in [-0.2, -0.15) is 0 Å². The molecule has 6 heavy (non-hydrogen) atoms. The first-order chi connectivity index (χ1) is 2.27. The summed E-state index contributed by atoms with van der Waals surface area (Å²) in [6, 6.07) is 0. The summed E-state index contributed by atoms with van der Waals surface area (Å²) in [6.07, 6.45) is -1.25. The Morgan fingerprint density at radius 1 is 1.83 bits per heavy atom. The third-order valence-electron chi connectivity index (χ3n) is 0.175. The van der Waals surface area contributed by atoms with E-state index in [0.29, 0.717) is 0 Å². The monoisotopic (exact) mass is 286 g/mol. The number of hydrogen-bond acceptors (Lipinski definition) is 2. The molecule has 36 valence electrons. The first-order valence-corrected chi connectivity index (χ1v) is 1.04. The summed E-state index contributed by atoms with van der Waals surface area (Å²) in [4.78, 5) is 9.15. The van der Waals surface area contributed by atoms with Gasteiger partial charge in [-0.3, -0.25) is 0 Å². The maximum absolute atomic E-state index is 9.15. The van der Waals surface area contributed by atoms with E-state index in [-0.39, 0.29) is 27.3 Å². The second-order valence-corrected chi connectivity index (χ2v) is 0.470. The first kappa shape index (κ1) is 9.50. The zero-order valence-electron chi connectivity index (χ0n) is 3.47. The van der Waals surface area contributed by atoms with Crippen LogP contribution in [0.2, 0.25) is 0 Å². The van der Waals surface area contributed by atoms with Crippen molar-refractivity contribution in [2.75, 3.05) is 7.11 Å². The van der Waals surface area contributed by atoms with E-state index in [4.69, 9.17) is 9.90 Å². The van der Waals surface area contributed by atoms with Crippen LogP contribution in [0.5, 0.6) is 0 Å². The molecule has 0 saturated carbocycles. The van der Waals surface area contributed by atoms with Gasteiger partial charge >= 0.3 is 33.5 Å². The van der Waals surface area contributed by atoms with Crippen LogP contribution in [0.3, 0.4) is 0 Å². The Hall–Kier alpha value is 0.192. The van der Waals surface area contributed by atoms with Crippen molar-refractivity contribution in [2.24, 2.45) is 0 Å². The third-order valence-corrected chi connectivity index (χ3v) is 0.175. The van der Waals surface area contributed by atoms with Crippen molar-refractivity contribution >= 4 is 33.5 Å².